The van der Waals surface area contributed by atoms with Crippen LogP contribution >= 0.6 is 15.9 Å². The first kappa shape index (κ1) is 16.7. The number of alkyl carbamates (subject to hydrolysis) is 1. The molecule has 1 unspecified atom stereocenters. The van der Waals surface area contributed by atoms with Crippen LogP contribution < -0.4 is 5.32 Å². The van der Waals surface area contributed by atoms with E-state index < -0.39 is 11.7 Å². The number of oxime groups is 1. The quantitative estimate of drug-likeness (QED) is 0.881. The molecular formula is C15H18BrFN2O3. The number of amides is 1. The minimum absolute atomic E-state index is 0.279. The summed E-state index contributed by atoms with van der Waals surface area (Å²) in [7, 11) is 0. The molecular weight excluding hydrogens is 355 g/mol. The van der Waals surface area contributed by atoms with E-state index in [4.69, 9.17) is 9.57 Å². The Kier molecular flexibility index (Phi) is 5.05. The zero-order chi connectivity index (χ0) is 16.3. The molecule has 0 aromatic heterocycles. The van der Waals surface area contributed by atoms with Crippen LogP contribution in [0.3, 0.4) is 0 Å². The molecule has 1 aromatic rings. The van der Waals surface area contributed by atoms with E-state index in [2.05, 4.69) is 26.4 Å². The summed E-state index contributed by atoms with van der Waals surface area (Å²) in [6, 6.07) is 4.79. The summed E-state index contributed by atoms with van der Waals surface area (Å²) in [6.45, 7) is 5.66. The highest BCUT2D eigenvalue weighted by Gasteiger charge is 2.24. The summed E-state index contributed by atoms with van der Waals surface area (Å²) >= 11 is 3.11. The van der Waals surface area contributed by atoms with Gasteiger partial charge in [0.05, 0.1) is 16.7 Å². The number of nitrogens with zero attached hydrogens (tertiary/aromatic N) is 1. The highest BCUT2D eigenvalue weighted by molar-refractivity contribution is 9.10. The van der Waals surface area contributed by atoms with Gasteiger partial charge in [-0.2, -0.15) is 0 Å². The van der Waals surface area contributed by atoms with Gasteiger partial charge in [-0.3, -0.25) is 0 Å². The second-order valence-electron chi connectivity index (χ2n) is 5.98. The van der Waals surface area contributed by atoms with Gasteiger partial charge in [-0.25, -0.2) is 9.18 Å². The van der Waals surface area contributed by atoms with Gasteiger partial charge < -0.3 is 14.9 Å². The molecule has 5 nitrogen and oxygen atoms in total. The first-order valence-corrected chi connectivity index (χ1v) is 7.69. The second kappa shape index (κ2) is 6.64. The van der Waals surface area contributed by atoms with Crippen molar-refractivity contribution in [1.29, 1.82) is 0 Å². The Labute approximate surface area is 137 Å². The van der Waals surface area contributed by atoms with Crippen molar-refractivity contribution in [2.24, 2.45) is 5.16 Å². The summed E-state index contributed by atoms with van der Waals surface area (Å²) in [5, 5.41) is 6.59. The standard InChI is InChI=1S/C15H18BrFN2O3/c1-15(2,3)21-14(20)18-8-10-7-13(19-22-10)9-4-5-11(16)12(17)6-9/h4-6,10H,7-8H2,1-3H3,(H,18,20). The van der Waals surface area contributed by atoms with Crippen LogP contribution in [0.15, 0.2) is 27.8 Å². The van der Waals surface area contributed by atoms with Gasteiger partial charge in [-0.1, -0.05) is 11.2 Å². The lowest BCUT2D eigenvalue weighted by Crippen LogP contribution is -2.37. The van der Waals surface area contributed by atoms with Crippen LogP contribution in [0.1, 0.15) is 32.8 Å². The van der Waals surface area contributed by atoms with Gasteiger partial charge in [-0.15, -0.1) is 0 Å². The maximum absolute atomic E-state index is 13.5. The molecule has 0 saturated heterocycles. The number of hydrogen-bond acceptors (Lipinski definition) is 4. The number of halogens is 2. The normalized spacial score (nSPS) is 17.7. The molecule has 120 valence electrons. The fraction of sp³-hybridized carbons (Fsp3) is 0.467. The van der Waals surface area contributed by atoms with E-state index in [0.717, 1.165) is 0 Å². The van der Waals surface area contributed by atoms with Gasteiger partial charge in [0.1, 0.15) is 11.4 Å². The van der Waals surface area contributed by atoms with E-state index >= 15 is 0 Å². The van der Waals surface area contributed by atoms with Gasteiger partial charge in [-0.05, 0) is 48.8 Å². The molecule has 0 saturated carbocycles. The third kappa shape index (κ3) is 4.69. The zero-order valence-electron chi connectivity index (χ0n) is 12.7. The number of nitrogens with one attached hydrogen (secondary N) is 1. The van der Waals surface area contributed by atoms with Crippen LogP contribution in [-0.2, 0) is 9.57 Å². The van der Waals surface area contributed by atoms with Crippen LogP contribution in [0.25, 0.3) is 0 Å². The Hall–Kier alpha value is -1.63. The van der Waals surface area contributed by atoms with Crippen molar-refractivity contribution in [1.82, 2.24) is 5.32 Å². The lowest BCUT2D eigenvalue weighted by atomic mass is 10.1. The van der Waals surface area contributed by atoms with Crippen LogP contribution in [0.2, 0.25) is 0 Å². The molecule has 0 aliphatic carbocycles. The van der Waals surface area contributed by atoms with Crippen molar-refractivity contribution in [2.75, 3.05) is 6.54 Å². The number of carbonyl (C=O) groups is 1. The molecule has 2 rings (SSSR count). The maximum Gasteiger partial charge on any atom is 0.407 e. The van der Waals surface area contributed by atoms with Crippen molar-refractivity contribution < 1.29 is 18.8 Å². The third-order valence-electron chi connectivity index (χ3n) is 2.86. The van der Waals surface area contributed by atoms with Gasteiger partial charge in [0.15, 0.2) is 6.10 Å². The Balaban J connectivity index is 1.84. The van der Waals surface area contributed by atoms with E-state index in [1.165, 1.54) is 6.07 Å². The Morgan fingerprint density at radius 1 is 1.55 bits per heavy atom. The molecule has 1 N–H and O–H groups in total. The van der Waals surface area contributed by atoms with Crippen LogP contribution in [0.4, 0.5) is 9.18 Å². The lowest BCUT2D eigenvalue weighted by molar-refractivity contribution is 0.0439. The van der Waals surface area contributed by atoms with Gasteiger partial charge >= 0.3 is 6.09 Å². The Bertz CT molecular complexity index is 599. The zero-order valence-corrected chi connectivity index (χ0v) is 14.2. The van der Waals surface area contributed by atoms with E-state index in [0.29, 0.717) is 22.2 Å². The SMILES string of the molecule is CC(C)(C)OC(=O)NCC1CC(c2ccc(Br)c(F)c2)=NO1. The highest BCUT2D eigenvalue weighted by Crippen LogP contribution is 2.21. The largest absolute Gasteiger partial charge is 0.444 e. The summed E-state index contributed by atoms with van der Waals surface area (Å²) in [5.41, 5.74) is 0.778. The molecule has 1 aliphatic heterocycles. The molecule has 1 heterocycles. The van der Waals surface area contributed by atoms with E-state index in [-0.39, 0.29) is 18.5 Å². The van der Waals surface area contributed by atoms with Crippen molar-refractivity contribution in [2.45, 2.75) is 38.9 Å². The van der Waals surface area contributed by atoms with E-state index in [1.807, 2.05) is 0 Å². The molecule has 0 radical (unpaired) electrons. The number of ether oxygens (including phenoxy) is 1. The molecule has 22 heavy (non-hydrogen) atoms. The van der Waals surface area contributed by atoms with Crippen LogP contribution in [-0.4, -0.2) is 30.1 Å². The fourth-order valence-electron chi connectivity index (χ4n) is 1.90. The molecule has 0 spiro atoms. The molecule has 1 amide bonds. The third-order valence-corrected chi connectivity index (χ3v) is 3.50. The second-order valence-corrected chi connectivity index (χ2v) is 6.84. The Morgan fingerprint density at radius 2 is 2.27 bits per heavy atom. The molecule has 1 aliphatic rings. The number of carbonyl (C=O) groups excluding carboxylic acids is 1. The first-order valence-electron chi connectivity index (χ1n) is 6.89. The molecule has 0 bridgehead atoms. The summed E-state index contributed by atoms with van der Waals surface area (Å²) in [4.78, 5) is 16.8. The van der Waals surface area contributed by atoms with Crippen molar-refractivity contribution in [3.63, 3.8) is 0 Å². The first-order chi connectivity index (χ1) is 10.2. The number of benzene rings is 1. The predicted octanol–water partition coefficient (Wildman–Crippen LogP) is 3.61. The number of rotatable bonds is 3. The Morgan fingerprint density at radius 3 is 2.91 bits per heavy atom. The summed E-state index contributed by atoms with van der Waals surface area (Å²) < 4.78 is 19.1. The predicted molar refractivity (Wildman–Crippen MR) is 84.4 cm³/mol. The monoisotopic (exact) mass is 372 g/mol. The lowest BCUT2D eigenvalue weighted by Gasteiger charge is -2.20. The summed E-state index contributed by atoms with van der Waals surface area (Å²) in [5.74, 6) is -0.351. The van der Waals surface area contributed by atoms with Crippen molar-refractivity contribution in [3.8, 4) is 0 Å². The van der Waals surface area contributed by atoms with E-state index in [1.54, 1.807) is 32.9 Å². The van der Waals surface area contributed by atoms with Gasteiger partial charge in [0.25, 0.3) is 0 Å². The van der Waals surface area contributed by atoms with Gasteiger partial charge in [0, 0.05) is 12.0 Å². The molecule has 0 fully saturated rings. The van der Waals surface area contributed by atoms with E-state index in [9.17, 15) is 9.18 Å². The van der Waals surface area contributed by atoms with Crippen molar-refractivity contribution >= 4 is 27.7 Å². The average molecular weight is 373 g/mol. The summed E-state index contributed by atoms with van der Waals surface area (Å²) in [6.07, 6.45) is -0.287. The highest BCUT2D eigenvalue weighted by atomic mass is 79.9. The van der Waals surface area contributed by atoms with Crippen LogP contribution in [0.5, 0.6) is 0 Å². The molecule has 7 heteroatoms. The maximum atomic E-state index is 13.5. The minimum atomic E-state index is -0.544. The topological polar surface area (TPSA) is 59.9 Å². The minimum Gasteiger partial charge on any atom is -0.444 e. The smallest absolute Gasteiger partial charge is 0.407 e. The van der Waals surface area contributed by atoms with Crippen molar-refractivity contribution in [3.05, 3.63) is 34.1 Å². The fourth-order valence-corrected chi connectivity index (χ4v) is 2.14. The van der Waals surface area contributed by atoms with Gasteiger partial charge in [0.2, 0.25) is 0 Å². The molecule has 1 atom stereocenters. The number of hydrogen-bond donors (Lipinski definition) is 1. The van der Waals surface area contributed by atoms with Crippen LogP contribution in [0, 0.1) is 5.82 Å². The molecule has 1 aromatic carbocycles. The average Bonchev–Trinajstić information content (AvgIpc) is 2.86.